The number of carbonyl (C=O) groups is 1. The van der Waals surface area contributed by atoms with Crippen molar-refractivity contribution >= 4 is 22.6 Å². The zero-order valence-electron chi connectivity index (χ0n) is 12.8. The second-order valence-corrected chi connectivity index (χ2v) is 5.11. The van der Waals surface area contributed by atoms with Gasteiger partial charge in [0.05, 0.1) is 17.6 Å². The minimum absolute atomic E-state index is 0.00521. The fraction of sp³-hybridized carbons (Fsp3) is 0.188. The second-order valence-electron chi connectivity index (χ2n) is 5.11. The van der Waals surface area contributed by atoms with E-state index in [1.54, 1.807) is 29.1 Å². The Morgan fingerprint density at radius 2 is 2.17 bits per heavy atom. The van der Waals surface area contributed by atoms with Gasteiger partial charge in [-0.25, -0.2) is 4.98 Å². The van der Waals surface area contributed by atoms with E-state index in [2.05, 4.69) is 15.4 Å². The van der Waals surface area contributed by atoms with E-state index in [4.69, 9.17) is 4.74 Å². The van der Waals surface area contributed by atoms with E-state index in [0.717, 1.165) is 16.7 Å². The number of ether oxygens (including phenoxy) is 1. The zero-order chi connectivity index (χ0) is 16.4. The van der Waals surface area contributed by atoms with Gasteiger partial charge in [-0.05, 0) is 25.1 Å². The Bertz CT molecular complexity index is 873. The summed E-state index contributed by atoms with van der Waals surface area (Å²) in [7, 11) is 1.82. The maximum atomic E-state index is 12.0. The monoisotopic (exact) mass is 312 g/mol. The number of phenols is 1. The zero-order valence-corrected chi connectivity index (χ0v) is 12.8. The minimum Gasteiger partial charge on any atom is -0.504 e. The molecule has 0 spiro atoms. The molecule has 0 saturated carbocycles. The largest absolute Gasteiger partial charge is 0.504 e. The third-order valence-electron chi connectivity index (χ3n) is 3.37. The molecule has 2 heterocycles. The number of phenolic OH excluding ortho intramolecular Hbond substituents is 1. The lowest BCUT2D eigenvalue weighted by Gasteiger charge is -2.08. The van der Waals surface area contributed by atoms with Gasteiger partial charge in [-0.1, -0.05) is 12.1 Å². The molecule has 2 aromatic heterocycles. The van der Waals surface area contributed by atoms with Crippen molar-refractivity contribution in [2.45, 2.75) is 6.92 Å². The molecule has 0 radical (unpaired) electrons. The number of fused-ring (bicyclic) bond motifs is 1. The summed E-state index contributed by atoms with van der Waals surface area (Å²) in [5.41, 5.74) is 2.17. The van der Waals surface area contributed by atoms with Crippen LogP contribution in [-0.4, -0.2) is 32.4 Å². The van der Waals surface area contributed by atoms with Crippen molar-refractivity contribution in [2.24, 2.45) is 7.05 Å². The summed E-state index contributed by atoms with van der Waals surface area (Å²) in [6.07, 6.45) is 1.57. The summed E-state index contributed by atoms with van der Waals surface area (Å²) in [6, 6.07) is 8.31. The van der Waals surface area contributed by atoms with Crippen LogP contribution in [0.25, 0.3) is 11.0 Å². The molecular weight excluding hydrogens is 296 g/mol. The van der Waals surface area contributed by atoms with E-state index < -0.39 is 0 Å². The Morgan fingerprint density at radius 1 is 1.39 bits per heavy atom. The molecule has 0 bridgehead atoms. The SMILES string of the molecule is Cc1nn(C)c2ncc(NC(=O)COc3ccccc3O)cc12. The molecular formula is C16H16N4O3. The van der Waals surface area contributed by atoms with Gasteiger partial charge in [-0.3, -0.25) is 9.48 Å². The van der Waals surface area contributed by atoms with E-state index in [1.165, 1.54) is 6.07 Å². The molecule has 0 aliphatic rings. The van der Waals surface area contributed by atoms with Crippen LogP contribution in [0.2, 0.25) is 0 Å². The van der Waals surface area contributed by atoms with Gasteiger partial charge in [-0.2, -0.15) is 5.10 Å². The summed E-state index contributed by atoms with van der Waals surface area (Å²) in [5.74, 6) is -0.0790. The Kier molecular flexibility index (Phi) is 3.84. The van der Waals surface area contributed by atoms with Crippen LogP contribution in [0, 0.1) is 6.92 Å². The molecule has 0 fully saturated rings. The number of hydrogen-bond donors (Lipinski definition) is 2. The van der Waals surface area contributed by atoms with Gasteiger partial charge in [0.2, 0.25) is 0 Å². The van der Waals surface area contributed by atoms with E-state index in [0.29, 0.717) is 5.69 Å². The first-order valence-corrected chi connectivity index (χ1v) is 7.04. The Balaban J connectivity index is 1.68. The number of para-hydroxylation sites is 2. The van der Waals surface area contributed by atoms with Gasteiger partial charge < -0.3 is 15.2 Å². The maximum absolute atomic E-state index is 12.0. The quantitative estimate of drug-likeness (QED) is 0.769. The second kappa shape index (κ2) is 5.96. The molecule has 7 heteroatoms. The summed E-state index contributed by atoms with van der Waals surface area (Å²) in [5, 5.41) is 17.5. The summed E-state index contributed by atoms with van der Waals surface area (Å²) < 4.78 is 6.98. The number of benzene rings is 1. The van der Waals surface area contributed by atoms with Crippen molar-refractivity contribution < 1.29 is 14.6 Å². The van der Waals surface area contributed by atoms with Crippen molar-refractivity contribution in [3.05, 3.63) is 42.2 Å². The number of carbonyl (C=O) groups excluding carboxylic acids is 1. The highest BCUT2D eigenvalue weighted by atomic mass is 16.5. The molecule has 3 rings (SSSR count). The van der Waals surface area contributed by atoms with E-state index in [-0.39, 0.29) is 24.0 Å². The lowest BCUT2D eigenvalue weighted by Crippen LogP contribution is -2.20. The normalized spacial score (nSPS) is 10.7. The predicted molar refractivity (Wildman–Crippen MR) is 85.5 cm³/mol. The fourth-order valence-corrected chi connectivity index (χ4v) is 2.30. The smallest absolute Gasteiger partial charge is 0.262 e. The van der Waals surface area contributed by atoms with Gasteiger partial charge >= 0.3 is 0 Å². The Morgan fingerprint density at radius 3 is 2.96 bits per heavy atom. The number of anilines is 1. The third-order valence-corrected chi connectivity index (χ3v) is 3.37. The van der Waals surface area contributed by atoms with Gasteiger partial charge in [0.15, 0.2) is 23.8 Å². The van der Waals surface area contributed by atoms with E-state index in [9.17, 15) is 9.90 Å². The standard InChI is InChI=1S/C16H16N4O3/c1-10-12-7-11(8-17-16(12)20(2)19-10)18-15(22)9-23-14-6-4-3-5-13(14)21/h3-8,21H,9H2,1-2H3,(H,18,22). The van der Waals surface area contributed by atoms with Crippen LogP contribution in [0.1, 0.15) is 5.69 Å². The summed E-state index contributed by atoms with van der Waals surface area (Å²) >= 11 is 0. The highest BCUT2D eigenvalue weighted by Crippen LogP contribution is 2.24. The van der Waals surface area contributed by atoms with Crippen molar-refractivity contribution in [1.82, 2.24) is 14.8 Å². The molecule has 1 aromatic carbocycles. The number of nitrogens with zero attached hydrogens (tertiary/aromatic N) is 3. The molecule has 2 N–H and O–H groups in total. The van der Waals surface area contributed by atoms with Gasteiger partial charge in [0.1, 0.15) is 0 Å². The Hall–Kier alpha value is -3.09. The van der Waals surface area contributed by atoms with Crippen molar-refractivity contribution in [1.29, 1.82) is 0 Å². The molecule has 7 nitrogen and oxygen atoms in total. The molecule has 0 saturated heterocycles. The number of aromatic nitrogens is 3. The van der Waals surface area contributed by atoms with Crippen molar-refractivity contribution in [3.8, 4) is 11.5 Å². The van der Waals surface area contributed by atoms with Crippen LogP contribution >= 0.6 is 0 Å². The molecule has 0 atom stereocenters. The first kappa shape index (κ1) is 14.8. The number of amides is 1. The average Bonchev–Trinajstić information content (AvgIpc) is 2.81. The van der Waals surface area contributed by atoms with Crippen molar-refractivity contribution in [2.75, 3.05) is 11.9 Å². The highest BCUT2D eigenvalue weighted by molar-refractivity contribution is 5.94. The number of aryl methyl sites for hydroxylation is 2. The van der Waals surface area contributed by atoms with E-state index in [1.807, 2.05) is 20.0 Å². The molecule has 3 aromatic rings. The van der Waals surface area contributed by atoms with Crippen LogP contribution in [0.4, 0.5) is 5.69 Å². The molecule has 1 amide bonds. The Labute approximate surface area is 132 Å². The van der Waals surface area contributed by atoms with Gasteiger partial charge in [-0.15, -0.1) is 0 Å². The number of nitrogens with one attached hydrogen (secondary N) is 1. The van der Waals surface area contributed by atoms with Gasteiger partial charge in [0.25, 0.3) is 5.91 Å². The topological polar surface area (TPSA) is 89.3 Å². The molecule has 118 valence electrons. The lowest BCUT2D eigenvalue weighted by atomic mass is 10.2. The minimum atomic E-state index is -0.337. The lowest BCUT2D eigenvalue weighted by molar-refractivity contribution is -0.118. The summed E-state index contributed by atoms with van der Waals surface area (Å²) in [4.78, 5) is 16.2. The third kappa shape index (κ3) is 3.08. The van der Waals surface area contributed by atoms with Crippen LogP contribution in [0.15, 0.2) is 36.5 Å². The average molecular weight is 312 g/mol. The number of rotatable bonds is 4. The first-order valence-electron chi connectivity index (χ1n) is 7.04. The number of aromatic hydroxyl groups is 1. The highest BCUT2D eigenvalue weighted by Gasteiger charge is 2.10. The predicted octanol–water partition coefficient (Wildman–Crippen LogP) is 2.00. The van der Waals surface area contributed by atoms with Crippen LogP contribution < -0.4 is 10.1 Å². The molecule has 0 aliphatic carbocycles. The molecule has 0 unspecified atom stereocenters. The first-order chi connectivity index (χ1) is 11.0. The summed E-state index contributed by atoms with van der Waals surface area (Å²) in [6.45, 7) is 1.68. The maximum Gasteiger partial charge on any atom is 0.262 e. The van der Waals surface area contributed by atoms with Crippen molar-refractivity contribution in [3.63, 3.8) is 0 Å². The van der Waals surface area contributed by atoms with E-state index >= 15 is 0 Å². The van der Waals surface area contributed by atoms with Crippen LogP contribution in [-0.2, 0) is 11.8 Å². The fourth-order valence-electron chi connectivity index (χ4n) is 2.30. The number of pyridine rings is 1. The molecule has 0 aliphatic heterocycles. The molecule has 23 heavy (non-hydrogen) atoms. The van der Waals surface area contributed by atoms with Crippen LogP contribution in [0.5, 0.6) is 11.5 Å². The van der Waals surface area contributed by atoms with Gasteiger partial charge in [0, 0.05) is 12.4 Å². The van der Waals surface area contributed by atoms with Crippen LogP contribution in [0.3, 0.4) is 0 Å². The number of hydrogen-bond acceptors (Lipinski definition) is 5.